The first-order valence-corrected chi connectivity index (χ1v) is 7.70. The van der Waals surface area contributed by atoms with Gasteiger partial charge in [0.1, 0.15) is 5.75 Å². The maximum atomic E-state index is 12.8. The van der Waals surface area contributed by atoms with Gasteiger partial charge in [-0.25, -0.2) is 0 Å². The van der Waals surface area contributed by atoms with E-state index in [9.17, 15) is 22.8 Å². The summed E-state index contributed by atoms with van der Waals surface area (Å²) >= 11 is 11.4. The Labute approximate surface area is 156 Å². The molecule has 0 aromatic heterocycles. The molecule has 0 fully saturated rings. The Morgan fingerprint density at radius 2 is 1.46 bits per heavy atom. The predicted molar refractivity (Wildman–Crippen MR) is 91.7 cm³/mol. The van der Waals surface area contributed by atoms with Gasteiger partial charge in [-0.3, -0.25) is 9.59 Å². The summed E-state index contributed by atoms with van der Waals surface area (Å²) < 4.78 is 43.4. The molecule has 5 nitrogen and oxygen atoms in total. The molecule has 0 saturated heterocycles. The van der Waals surface area contributed by atoms with Gasteiger partial charge in [-0.1, -0.05) is 23.2 Å². The quantitative estimate of drug-likeness (QED) is 0.732. The van der Waals surface area contributed by atoms with Crippen LogP contribution < -0.4 is 15.4 Å². The lowest BCUT2D eigenvalue weighted by molar-refractivity contribution is -0.137. The van der Waals surface area contributed by atoms with Crippen molar-refractivity contribution in [3.05, 3.63) is 52.0 Å². The van der Waals surface area contributed by atoms with Gasteiger partial charge in [0.2, 0.25) is 0 Å². The highest BCUT2D eigenvalue weighted by molar-refractivity contribution is 6.44. The zero-order chi connectivity index (χ0) is 19.5. The molecular formula is C16H11Cl2F3N2O3. The number of hydrogen-bond acceptors (Lipinski definition) is 3. The van der Waals surface area contributed by atoms with Crippen LogP contribution in [0.4, 0.5) is 24.5 Å². The van der Waals surface area contributed by atoms with Crippen molar-refractivity contribution in [3.63, 3.8) is 0 Å². The number of benzene rings is 2. The summed E-state index contributed by atoms with van der Waals surface area (Å²) in [6, 6.07) is 7.03. The lowest BCUT2D eigenvalue weighted by atomic mass is 10.2. The summed E-state index contributed by atoms with van der Waals surface area (Å²) in [5.74, 6) is -1.88. The van der Waals surface area contributed by atoms with Crippen LogP contribution in [0.25, 0.3) is 0 Å². The molecule has 0 heterocycles. The van der Waals surface area contributed by atoms with Crippen molar-refractivity contribution < 1.29 is 27.5 Å². The first-order chi connectivity index (χ1) is 12.1. The molecule has 138 valence electrons. The molecule has 0 atom stereocenters. The fourth-order valence-corrected chi connectivity index (χ4v) is 2.42. The zero-order valence-electron chi connectivity index (χ0n) is 13.1. The summed E-state index contributed by atoms with van der Waals surface area (Å²) in [4.78, 5) is 23.8. The molecule has 0 unspecified atom stereocenters. The van der Waals surface area contributed by atoms with Crippen LogP contribution >= 0.6 is 23.2 Å². The Bertz CT molecular complexity index is 857. The van der Waals surface area contributed by atoms with Crippen LogP contribution in [0.15, 0.2) is 36.4 Å². The van der Waals surface area contributed by atoms with E-state index in [0.29, 0.717) is 11.8 Å². The Hall–Kier alpha value is -2.45. The number of ether oxygens (including phenoxy) is 1. The Kier molecular flexibility index (Phi) is 5.99. The maximum Gasteiger partial charge on any atom is 0.417 e. The maximum absolute atomic E-state index is 12.8. The number of carbonyl (C=O) groups excluding carboxylic acids is 2. The van der Waals surface area contributed by atoms with Gasteiger partial charge in [-0.05, 0) is 36.4 Å². The van der Waals surface area contributed by atoms with Gasteiger partial charge in [-0.15, -0.1) is 0 Å². The number of methoxy groups -OCH3 is 1. The smallest absolute Gasteiger partial charge is 0.417 e. The second-order valence-corrected chi connectivity index (χ2v) is 5.76. The number of anilines is 2. The third-order valence-electron chi connectivity index (χ3n) is 3.15. The van der Waals surface area contributed by atoms with Crippen LogP contribution in [0.1, 0.15) is 5.56 Å². The van der Waals surface area contributed by atoms with Crippen LogP contribution in [0, 0.1) is 0 Å². The molecule has 0 radical (unpaired) electrons. The molecule has 2 aromatic rings. The van der Waals surface area contributed by atoms with Crippen LogP contribution in [-0.2, 0) is 15.8 Å². The van der Waals surface area contributed by atoms with Gasteiger partial charge in [0.05, 0.1) is 22.7 Å². The number of halogens is 5. The summed E-state index contributed by atoms with van der Waals surface area (Å²) in [6.07, 6.45) is -4.69. The van der Waals surface area contributed by atoms with E-state index in [1.807, 2.05) is 0 Å². The molecule has 26 heavy (non-hydrogen) atoms. The highest BCUT2D eigenvalue weighted by Crippen LogP contribution is 2.36. The Morgan fingerprint density at radius 3 is 1.96 bits per heavy atom. The number of amides is 2. The minimum atomic E-state index is -4.69. The van der Waals surface area contributed by atoms with E-state index in [1.165, 1.54) is 25.3 Å². The number of carbonyl (C=O) groups is 2. The lowest BCUT2D eigenvalue weighted by Crippen LogP contribution is -2.29. The van der Waals surface area contributed by atoms with Gasteiger partial charge in [-0.2, -0.15) is 13.2 Å². The van der Waals surface area contributed by atoms with E-state index in [1.54, 1.807) is 0 Å². The van der Waals surface area contributed by atoms with Gasteiger partial charge >= 0.3 is 18.0 Å². The van der Waals surface area contributed by atoms with E-state index >= 15 is 0 Å². The number of alkyl halides is 3. The standard InChI is InChI=1S/C16H11Cl2F3N2O3/c1-26-13-5-3-9(7-12(13)18)23-15(25)14(24)22-8-2-4-11(17)10(6-8)16(19,20)21/h2-7H,1H3,(H,22,24)(H,23,25). The van der Waals surface area contributed by atoms with Gasteiger partial charge in [0.25, 0.3) is 0 Å². The molecule has 2 rings (SSSR count). The topological polar surface area (TPSA) is 67.4 Å². The highest BCUT2D eigenvalue weighted by Gasteiger charge is 2.33. The van der Waals surface area contributed by atoms with Crippen molar-refractivity contribution >= 4 is 46.4 Å². The molecule has 2 aromatic carbocycles. The van der Waals surface area contributed by atoms with Crippen LogP contribution in [0.2, 0.25) is 10.0 Å². The summed E-state index contributed by atoms with van der Waals surface area (Å²) in [5, 5.41) is 4.03. The molecule has 0 saturated carbocycles. The van der Waals surface area contributed by atoms with Crippen molar-refractivity contribution in [2.45, 2.75) is 6.18 Å². The van der Waals surface area contributed by atoms with Crippen molar-refractivity contribution in [1.82, 2.24) is 0 Å². The molecule has 0 bridgehead atoms. The number of rotatable bonds is 3. The van der Waals surface area contributed by atoms with Crippen molar-refractivity contribution in [2.75, 3.05) is 17.7 Å². The third kappa shape index (κ3) is 4.80. The van der Waals surface area contributed by atoms with E-state index < -0.39 is 28.6 Å². The summed E-state index contributed by atoms with van der Waals surface area (Å²) in [6.45, 7) is 0. The van der Waals surface area contributed by atoms with Crippen molar-refractivity contribution in [2.24, 2.45) is 0 Å². The van der Waals surface area contributed by atoms with E-state index in [0.717, 1.165) is 12.1 Å². The van der Waals surface area contributed by atoms with E-state index in [2.05, 4.69) is 10.6 Å². The molecule has 2 N–H and O–H groups in total. The van der Waals surface area contributed by atoms with Gasteiger partial charge < -0.3 is 15.4 Å². The van der Waals surface area contributed by atoms with Gasteiger partial charge in [0.15, 0.2) is 0 Å². The largest absolute Gasteiger partial charge is 0.495 e. The first kappa shape index (κ1) is 19.9. The van der Waals surface area contributed by atoms with Crippen molar-refractivity contribution in [3.8, 4) is 5.75 Å². The minimum absolute atomic E-state index is 0.207. The van der Waals surface area contributed by atoms with Crippen LogP contribution in [0.3, 0.4) is 0 Å². The molecule has 0 aliphatic carbocycles. The Balaban J connectivity index is 2.10. The molecule has 2 amide bonds. The fraction of sp³-hybridized carbons (Fsp3) is 0.125. The third-order valence-corrected chi connectivity index (χ3v) is 3.77. The monoisotopic (exact) mass is 406 g/mol. The zero-order valence-corrected chi connectivity index (χ0v) is 14.6. The van der Waals surface area contributed by atoms with Crippen LogP contribution in [0.5, 0.6) is 5.75 Å². The number of hydrogen-bond donors (Lipinski definition) is 2. The van der Waals surface area contributed by atoms with E-state index in [4.69, 9.17) is 27.9 Å². The van der Waals surface area contributed by atoms with Gasteiger partial charge in [0, 0.05) is 11.4 Å². The fourth-order valence-electron chi connectivity index (χ4n) is 1.94. The average molecular weight is 407 g/mol. The van der Waals surface area contributed by atoms with Crippen molar-refractivity contribution in [1.29, 1.82) is 0 Å². The molecule has 0 spiro atoms. The SMILES string of the molecule is COc1ccc(NC(=O)C(=O)Nc2ccc(Cl)c(C(F)(F)F)c2)cc1Cl. The lowest BCUT2D eigenvalue weighted by Gasteiger charge is -2.12. The van der Waals surface area contributed by atoms with E-state index in [-0.39, 0.29) is 16.4 Å². The molecule has 10 heteroatoms. The van der Waals surface area contributed by atoms with Crippen LogP contribution in [-0.4, -0.2) is 18.9 Å². The number of nitrogens with one attached hydrogen (secondary N) is 2. The summed E-state index contributed by atoms with van der Waals surface area (Å²) in [5.41, 5.74) is -1.14. The second-order valence-electron chi connectivity index (χ2n) is 4.95. The summed E-state index contributed by atoms with van der Waals surface area (Å²) in [7, 11) is 1.41. The molecular weight excluding hydrogens is 396 g/mol. The highest BCUT2D eigenvalue weighted by atomic mass is 35.5. The average Bonchev–Trinajstić information content (AvgIpc) is 2.55. The Morgan fingerprint density at radius 1 is 0.923 bits per heavy atom. The first-order valence-electron chi connectivity index (χ1n) is 6.94. The minimum Gasteiger partial charge on any atom is -0.495 e. The molecule has 0 aliphatic heterocycles. The second kappa shape index (κ2) is 7.84. The molecule has 0 aliphatic rings. The normalized spacial score (nSPS) is 11.0. The predicted octanol–water partition coefficient (Wildman–Crippen LogP) is 4.60.